The van der Waals surface area contributed by atoms with Crippen molar-refractivity contribution in [3.63, 3.8) is 0 Å². The summed E-state index contributed by atoms with van der Waals surface area (Å²) >= 11 is 0. The minimum Gasteiger partial charge on any atom is -0.469 e. The minimum atomic E-state index is -1.14. The van der Waals surface area contributed by atoms with Crippen LogP contribution in [0.4, 0.5) is 0 Å². The van der Waals surface area contributed by atoms with Crippen molar-refractivity contribution >= 4 is 28.7 Å². The quantitative estimate of drug-likeness (QED) is 0.617. The molecular formula is C17H21N3O5. The Bertz CT molecular complexity index is 770. The third kappa shape index (κ3) is 4.57. The van der Waals surface area contributed by atoms with E-state index in [0.717, 1.165) is 16.5 Å². The minimum absolute atomic E-state index is 0.280. The van der Waals surface area contributed by atoms with Crippen LogP contribution in [0.5, 0.6) is 0 Å². The van der Waals surface area contributed by atoms with Gasteiger partial charge in [-0.15, -0.1) is 0 Å². The molecular weight excluding hydrogens is 326 g/mol. The second kappa shape index (κ2) is 8.29. The molecule has 0 spiro atoms. The number of ether oxygens (including phenoxy) is 2. The SMILES string of the molecule is COC(=O)C[C@H](NC(=O)[C@@H](N)Cc1c[nH]c2ccccc12)C(=O)OC. The molecule has 2 rings (SSSR count). The average molecular weight is 347 g/mol. The van der Waals surface area contributed by atoms with Gasteiger partial charge in [-0.2, -0.15) is 0 Å². The summed E-state index contributed by atoms with van der Waals surface area (Å²) in [6.45, 7) is 0. The average Bonchev–Trinajstić information content (AvgIpc) is 3.03. The van der Waals surface area contributed by atoms with Crippen molar-refractivity contribution in [1.82, 2.24) is 10.3 Å². The fraction of sp³-hybridized carbons (Fsp3) is 0.353. The zero-order valence-electron chi connectivity index (χ0n) is 14.1. The first kappa shape index (κ1) is 18.5. The standard InChI is InChI=1S/C17H21N3O5/c1-24-15(21)8-14(17(23)25-2)20-16(22)12(18)7-10-9-19-13-6-4-3-5-11(10)13/h3-6,9,12,14,19H,7-8,18H2,1-2H3,(H,20,22)/t12-,14-/m0/s1. The Labute approximate surface area is 144 Å². The first-order valence-corrected chi connectivity index (χ1v) is 7.71. The molecule has 134 valence electrons. The van der Waals surface area contributed by atoms with Gasteiger partial charge >= 0.3 is 11.9 Å². The monoisotopic (exact) mass is 347 g/mol. The molecule has 0 saturated heterocycles. The molecule has 0 saturated carbocycles. The van der Waals surface area contributed by atoms with Gasteiger partial charge < -0.3 is 25.5 Å². The van der Waals surface area contributed by atoms with Gasteiger partial charge in [-0.1, -0.05) is 18.2 Å². The highest BCUT2D eigenvalue weighted by atomic mass is 16.5. The molecule has 0 aliphatic carbocycles. The summed E-state index contributed by atoms with van der Waals surface area (Å²) < 4.78 is 9.11. The van der Waals surface area contributed by atoms with E-state index in [9.17, 15) is 14.4 Å². The van der Waals surface area contributed by atoms with E-state index < -0.39 is 29.9 Å². The topological polar surface area (TPSA) is 124 Å². The number of rotatable bonds is 7. The Balaban J connectivity index is 2.04. The first-order valence-electron chi connectivity index (χ1n) is 7.71. The van der Waals surface area contributed by atoms with Crippen molar-refractivity contribution in [1.29, 1.82) is 0 Å². The highest BCUT2D eigenvalue weighted by Gasteiger charge is 2.27. The number of nitrogens with one attached hydrogen (secondary N) is 2. The molecule has 0 aliphatic heterocycles. The summed E-state index contributed by atoms with van der Waals surface area (Å²) in [5.74, 6) is -1.93. The van der Waals surface area contributed by atoms with Crippen LogP contribution >= 0.6 is 0 Å². The normalized spacial score (nSPS) is 13.1. The maximum atomic E-state index is 12.3. The molecule has 0 fully saturated rings. The molecule has 0 bridgehead atoms. The number of aromatic nitrogens is 1. The first-order chi connectivity index (χ1) is 12.0. The number of fused-ring (bicyclic) bond motifs is 1. The van der Waals surface area contributed by atoms with Crippen molar-refractivity contribution in [2.24, 2.45) is 5.73 Å². The van der Waals surface area contributed by atoms with Gasteiger partial charge in [-0.25, -0.2) is 4.79 Å². The van der Waals surface area contributed by atoms with Crippen LogP contribution in [0.25, 0.3) is 10.9 Å². The van der Waals surface area contributed by atoms with Crippen molar-refractivity contribution in [3.05, 3.63) is 36.0 Å². The number of H-pyrrole nitrogens is 1. The van der Waals surface area contributed by atoms with Gasteiger partial charge in [0, 0.05) is 17.1 Å². The molecule has 1 aromatic heterocycles. The molecule has 8 nitrogen and oxygen atoms in total. The van der Waals surface area contributed by atoms with Crippen LogP contribution in [-0.4, -0.2) is 49.1 Å². The van der Waals surface area contributed by atoms with Gasteiger partial charge in [0.15, 0.2) is 0 Å². The number of aromatic amines is 1. The van der Waals surface area contributed by atoms with Gasteiger partial charge in [0.1, 0.15) is 6.04 Å². The zero-order valence-corrected chi connectivity index (χ0v) is 14.1. The van der Waals surface area contributed by atoms with Crippen LogP contribution in [0.2, 0.25) is 0 Å². The Morgan fingerprint density at radius 2 is 1.92 bits per heavy atom. The van der Waals surface area contributed by atoms with E-state index in [1.54, 1.807) is 6.20 Å². The maximum absolute atomic E-state index is 12.3. The van der Waals surface area contributed by atoms with Gasteiger partial charge in [0.2, 0.25) is 5.91 Å². The number of para-hydroxylation sites is 1. The van der Waals surface area contributed by atoms with E-state index in [1.807, 2.05) is 24.3 Å². The molecule has 8 heteroatoms. The third-order valence-corrected chi connectivity index (χ3v) is 3.85. The van der Waals surface area contributed by atoms with Crippen LogP contribution in [0.3, 0.4) is 0 Å². The highest BCUT2D eigenvalue weighted by molar-refractivity contribution is 5.91. The van der Waals surface area contributed by atoms with E-state index >= 15 is 0 Å². The van der Waals surface area contributed by atoms with E-state index in [-0.39, 0.29) is 12.8 Å². The summed E-state index contributed by atoms with van der Waals surface area (Å²) in [7, 11) is 2.37. The Morgan fingerprint density at radius 1 is 1.20 bits per heavy atom. The van der Waals surface area contributed by atoms with E-state index in [2.05, 4.69) is 19.8 Å². The highest BCUT2D eigenvalue weighted by Crippen LogP contribution is 2.18. The number of amides is 1. The molecule has 1 heterocycles. The van der Waals surface area contributed by atoms with Crippen LogP contribution < -0.4 is 11.1 Å². The molecule has 0 unspecified atom stereocenters. The van der Waals surface area contributed by atoms with Crippen molar-refractivity contribution in [2.45, 2.75) is 24.9 Å². The Kier molecular flexibility index (Phi) is 6.13. The zero-order chi connectivity index (χ0) is 18.4. The predicted octanol–water partition coefficient (Wildman–Crippen LogP) is 0.259. The summed E-state index contributed by atoms with van der Waals surface area (Å²) in [6, 6.07) is 5.63. The van der Waals surface area contributed by atoms with E-state index in [4.69, 9.17) is 5.73 Å². The van der Waals surface area contributed by atoms with Gasteiger partial charge in [-0.3, -0.25) is 9.59 Å². The number of esters is 2. The molecule has 25 heavy (non-hydrogen) atoms. The Morgan fingerprint density at radius 3 is 2.60 bits per heavy atom. The number of hydrogen-bond acceptors (Lipinski definition) is 6. The molecule has 4 N–H and O–H groups in total. The largest absolute Gasteiger partial charge is 0.469 e. The fourth-order valence-corrected chi connectivity index (χ4v) is 2.49. The fourth-order valence-electron chi connectivity index (χ4n) is 2.49. The van der Waals surface area contributed by atoms with Gasteiger partial charge in [0.25, 0.3) is 0 Å². The van der Waals surface area contributed by atoms with E-state index in [0.29, 0.717) is 0 Å². The van der Waals surface area contributed by atoms with Crippen LogP contribution in [-0.2, 0) is 30.3 Å². The molecule has 1 aromatic carbocycles. The Hall–Kier alpha value is -2.87. The predicted molar refractivity (Wildman–Crippen MR) is 90.6 cm³/mol. The van der Waals surface area contributed by atoms with Gasteiger partial charge in [-0.05, 0) is 18.1 Å². The molecule has 2 atom stereocenters. The molecule has 2 aromatic rings. The maximum Gasteiger partial charge on any atom is 0.328 e. The lowest BCUT2D eigenvalue weighted by molar-refractivity contribution is -0.150. The van der Waals surface area contributed by atoms with Crippen LogP contribution in [0.1, 0.15) is 12.0 Å². The summed E-state index contributed by atoms with van der Waals surface area (Å²) in [5.41, 5.74) is 7.80. The molecule has 0 aliphatic rings. The summed E-state index contributed by atoms with van der Waals surface area (Å²) in [6.07, 6.45) is 1.75. The lowest BCUT2D eigenvalue weighted by Gasteiger charge is -2.18. The van der Waals surface area contributed by atoms with Crippen LogP contribution in [0, 0.1) is 0 Å². The second-order valence-electron chi connectivity index (χ2n) is 5.53. The van der Waals surface area contributed by atoms with Gasteiger partial charge in [0.05, 0.1) is 26.7 Å². The molecule has 0 radical (unpaired) electrons. The number of methoxy groups -OCH3 is 2. The third-order valence-electron chi connectivity index (χ3n) is 3.85. The van der Waals surface area contributed by atoms with Crippen LogP contribution in [0.15, 0.2) is 30.5 Å². The van der Waals surface area contributed by atoms with Crippen molar-refractivity contribution in [3.8, 4) is 0 Å². The number of carbonyl (C=O) groups excluding carboxylic acids is 3. The number of nitrogens with two attached hydrogens (primary N) is 1. The number of benzene rings is 1. The summed E-state index contributed by atoms with van der Waals surface area (Å²) in [5, 5.41) is 3.42. The smallest absolute Gasteiger partial charge is 0.328 e. The van der Waals surface area contributed by atoms with Crippen molar-refractivity contribution in [2.75, 3.05) is 14.2 Å². The number of hydrogen-bond donors (Lipinski definition) is 3. The summed E-state index contributed by atoms with van der Waals surface area (Å²) in [4.78, 5) is 38.5. The second-order valence-corrected chi connectivity index (χ2v) is 5.53. The number of carbonyl (C=O) groups is 3. The van der Waals surface area contributed by atoms with Crippen molar-refractivity contribution < 1.29 is 23.9 Å². The lowest BCUT2D eigenvalue weighted by Crippen LogP contribution is -2.50. The lowest BCUT2D eigenvalue weighted by atomic mass is 10.0. The molecule has 1 amide bonds. The van der Waals surface area contributed by atoms with E-state index in [1.165, 1.54) is 14.2 Å².